The number of hydrogen-bond acceptors (Lipinski definition) is 3. The lowest BCUT2D eigenvalue weighted by Gasteiger charge is -2.12. The van der Waals surface area contributed by atoms with Crippen molar-refractivity contribution in [1.82, 2.24) is 4.98 Å². The Kier molecular flexibility index (Phi) is 6.26. The van der Waals surface area contributed by atoms with Crippen molar-refractivity contribution in [2.24, 2.45) is 0 Å². The van der Waals surface area contributed by atoms with Crippen LogP contribution in [0.2, 0.25) is 0 Å². The molecule has 3 aromatic rings. The van der Waals surface area contributed by atoms with Gasteiger partial charge >= 0.3 is 6.61 Å². The Morgan fingerprint density at radius 2 is 1.86 bits per heavy atom. The number of nitrogens with one attached hydrogen (secondary N) is 2. The molecule has 0 fully saturated rings. The standard InChI is InChI=1S/C21H20F2N2O3/c1-27-18-11-8-16(13-19(18)28-21(22)23)25-20(26)12-9-15-7-10-17(24-15)14-5-3-2-4-6-14/h2-8,10-11,13,21,24H,9,12H2,1H3,(H,25,26). The molecule has 146 valence electrons. The average molecular weight is 386 g/mol. The Labute approximate surface area is 161 Å². The summed E-state index contributed by atoms with van der Waals surface area (Å²) < 4.78 is 34.4. The Morgan fingerprint density at radius 1 is 1.07 bits per heavy atom. The molecule has 0 unspecified atom stereocenters. The molecular formula is C21H20F2N2O3. The summed E-state index contributed by atoms with van der Waals surface area (Å²) in [5.74, 6) is -0.200. The summed E-state index contributed by atoms with van der Waals surface area (Å²) in [4.78, 5) is 15.5. The minimum atomic E-state index is -2.98. The van der Waals surface area contributed by atoms with E-state index in [4.69, 9.17) is 4.74 Å². The van der Waals surface area contributed by atoms with Crippen LogP contribution in [0.4, 0.5) is 14.5 Å². The van der Waals surface area contributed by atoms with Gasteiger partial charge in [0.15, 0.2) is 11.5 Å². The second kappa shape index (κ2) is 9.03. The van der Waals surface area contributed by atoms with Gasteiger partial charge < -0.3 is 19.8 Å². The normalized spacial score (nSPS) is 10.7. The van der Waals surface area contributed by atoms with Gasteiger partial charge in [0.05, 0.1) is 7.11 Å². The molecule has 1 heterocycles. The highest BCUT2D eigenvalue weighted by atomic mass is 19.3. The lowest BCUT2D eigenvalue weighted by molar-refractivity contribution is -0.116. The topological polar surface area (TPSA) is 63.3 Å². The summed E-state index contributed by atoms with van der Waals surface area (Å²) in [6.45, 7) is -2.98. The fraction of sp³-hybridized carbons (Fsp3) is 0.190. The minimum Gasteiger partial charge on any atom is -0.493 e. The van der Waals surface area contributed by atoms with E-state index >= 15 is 0 Å². The number of hydrogen-bond donors (Lipinski definition) is 2. The third kappa shape index (κ3) is 5.09. The van der Waals surface area contributed by atoms with Gasteiger partial charge in [0.25, 0.3) is 0 Å². The number of amides is 1. The van der Waals surface area contributed by atoms with Gasteiger partial charge in [-0.25, -0.2) is 0 Å². The van der Waals surface area contributed by atoms with Crippen LogP contribution in [0.15, 0.2) is 60.7 Å². The maximum absolute atomic E-state index is 12.5. The Hall–Kier alpha value is -3.35. The van der Waals surface area contributed by atoms with Crippen LogP contribution >= 0.6 is 0 Å². The van der Waals surface area contributed by atoms with Crippen LogP contribution in [-0.2, 0) is 11.2 Å². The number of benzene rings is 2. The van der Waals surface area contributed by atoms with Crippen LogP contribution in [0.25, 0.3) is 11.3 Å². The first-order valence-electron chi connectivity index (χ1n) is 8.71. The molecule has 1 amide bonds. The molecule has 0 saturated carbocycles. The van der Waals surface area contributed by atoms with E-state index in [0.29, 0.717) is 12.1 Å². The number of anilines is 1. The van der Waals surface area contributed by atoms with Gasteiger partial charge in [0, 0.05) is 29.6 Å². The zero-order chi connectivity index (χ0) is 19.9. The third-order valence-corrected chi connectivity index (χ3v) is 4.12. The first-order valence-corrected chi connectivity index (χ1v) is 8.71. The first kappa shape index (κ1) is 19.4. The zero-order valence-corrected chi connectivity index (χ0v) is 15.2. The highest BCUT2D eigenvalue weighted by Gasteiger charge is 2.13. The fourth-order valence-corrected chi connectivity index (χ4v) is 2.79. The van der Waals surface area contributed by atoms with Crippen molar-refractivity contribution in [3.63, 3.8) is 0 Å². The number of aromatic nitrogens is 1. The Bertz CT molecular complexity index is 926. The van der Waals surface area contributed by atoms with Gasteiger partial charge in [0.2, 0.25) is 5.91 Å². The van der Waals surface area contributed by atoms with Crippen LogP contribution in [0.1, 0.15) is 12.1 Å². The quantitative estimate of drug-likeness (QED) is 0.581. The fourth-order valence-electron chi connectivity index (χ4n) is 2.79. The molecule has 5 nitrogen and oxygen atoms in total. The van der Waals surface area contributed by atoms with E-state index in [9.17, 15) is 13.6 Å². The number of aromatic amines is 1. The third-order valence-electron chi connectivity index (χ3n) is 4.12. The maximum Gasteiger partial charge on any atom is 0.387 e. The predicted molar refractivity (Wildman–Crippen MR) is 103 cm³/mol. The molecule has 2 aromatic carbocycles. The van der Waals surface area contributed by atoms with Gasteiger partial charge in [-0.1, -0.05) is 30.3 Å². The van der Waals surface area contributed by atoms with Gasteiger partial charge in [-0.2, -0.15) is 8.78 Å². The number of halogens is 2. The van der Waals surface area contributed by atoms with Crippen LogP contribution in [0.5, 0.6) is 11.5 Å². The molecule has 28 heavy (non-hydrogen) atoms. The first-order chi connectivity index (χ1) is 13.5. The molecule has 0 bridgehead atoms. The average Bonchev–Trinajstić information content (AvgIpc) is 3.16. The van der Waals surface area contributed by atoms with Gasteiger partial charge in [-0.3, -0.25) is 4.79 Å². The van der Waals surface area contributed by atoms with Gasteiger partial charge in [-0.15, -0.1) is 0 Å². The van der Waals surface area contributed by atoms with Crippen molar-refractivity contribution in [3.05, 3.63) is 66.4 Å². The highest BCUT2D eigenvalue weighted by Crippen LogP contribution is 2.31. The molecule has 0 saturated heterocycles. The summed E-state index contributed by atoms with van der Waals surface area (Å²) in [7, 11) is 1.35. The largest absolute Gasteiger partial charge is 0.493 e. The number of methoxy groups -OCH3 is 1. The van der Waals surface area contributed by atoms with Crippen molar-refractivity contribution < 1.29 is 23.0 Å². The number of carbonyl (C=O) groups is 1. The molecule has 0 atom stereocenters. The molecule has 0 aliphatic heterocycles. The second-order valence-electron chi connectivity index (χ2n) is 6.06. The summed E-state index contributed by atoms with van der Waals surface area (Å²) >= 11 is 0. The van der Waals surface area contributed by atoms with E-state index in [1.165, 1.54) is 19.2 Å². The van der Waals surface area contributed by atoms with Crippen molar-refractivity contribution in [3.8, 4) is 22.8 Å². The Balaban J connectivity index is 1.58. The maximum atomic E-state index is 12.5. The number of rotatable bonds is 8. The number of carbonyl (C=O) groups excluding carboxylic acids is 1. The van der Waals surface area contributed by atoms with Gasteiger partial charge in [0.1, 0.15) is 0 Å². The molecule has 0 radical (unpaired) electrons. The van der Waals surface area contributed by atoms with Crippen LogP contribution in [-0.4, -0.2) is 24.6 Å². The number of aryl methyl sites for hydroxylation is 1. The van der Waals surface area contributed by atoms with Crippen molar-refractivity contribution in [1.29, 1.82) is 0 Å². The molecular weight excluding hydrogens is 366 g/mol. The van der Waals surface area contributed by atoms with Gasteiger partial charge in [-0.05, 0) is 36.2 Å². The molecule has 7 heteroatoms. The predicted octanol–water partition coefficient (Wildman–Crippen LogP) is 4.86. The van der Waals surface area contributed by atoms with E-state index in [1.807, 2.05) is 42.5 Å². The van der Waals surface area contributed by atoms with Crippen molar-refractivity contribution in [2.75, 3.05) is 12.4 Å². The molecule has 0 aliphatic carbocycles. The molecule has 0 spiro atoms. The van der Waals surface area contributed by atoms with E-state index in [1.54, 1.807) is 6.07 Å². The van der Waals surface area contributed by atoms with E-state index in [-0.39, 0.29) is 23.8 Å². The van der Waals surface area contributed by atoms with Crippen molar-refractivity contribution >= 4 is 11.6 Å². The summed E-state index contributed by atoms with van der Waals surface area (Å²) in [5.41, 5.74) is 3.35. The second-order valence-corrected chi connectivity index (χ2v) is 6.06. The highest BCUT2D eigenvalue weighted by molar-refractivity contribution is 5.91. The zero-order valence-electron chi connectivity index (χ0n) is 15.2. The smallest absolute Gasteiger partial charge is 0.387 e. The van der Waals surface area contributed by atoms with Crippen LogP contribution < -0.4 is 14.8 Å². The lowest BCUT2D eigenvalue weighted by Crippen LogP contribution is -2.13. The summed E-state index contributed by atoms with van der Waals surface area (Å²) in [5, 5.41) is 2.68. The molecule has 1 aromatic heterocycles. The Morgan fingerprint density at radius 3 is 2.57 bits per heavy atom. The monoisotopic (exact) mass is 386 g/mol. The van der Waals surface area contributed by atoms with Crippen molar-refractivity contribution in [2.45, 2.75) is 19.5 Å². The summed E-state index contributed by atoms with van der Waals surface area (Å²) in [6.07, 6.45) is 0.765. The van der Waals surface area contributed by atoms with E-state index < -0.39 is 6.61 Å². The number of ether oxygens (including phenoxy) is 2. The molecule has 2 N–H and O–H groups in total. The number of alkyl halides is 2. The number of H-pyrrole nitrogens is 1. The van der Waals surface area contributed by atoms with Crippen LogP contribution in [0, 0.1) is 0 Å². The van der Waals surface area contributed by atoms with E-state index in [0.717, 1.165) is 17.0 Å². The molecule has 3 rings (SSSR count). The SMILES string of the molecule is COc1ccc(NC(=O)CCc2ccc(-c3ccccc3)[nH]2)cc1OC(F)F. The lowest BCUT2D eigenvalue weighted by atomic mass is 10.2. The molecule has 0 aliphatic rings. The van der Waals surface area contributed by atoms with Crippen LogP contribution in [0.3, 0.4) is 0 Å². The van der Waals surface area contributed by atoms with E-state index in [2.05, 4.69) is 15.0 Å². The summed E-state index contributed by atoms with van der Waals surface area (Å²) in [6, 6.07) is 18.1. The minimum absolute atomic E-state index is 0.132.